The average Bonchev–Trinajstić information content (AvgIpc) is 2.90. The Balaban J connectivity index is 1.75. The van der Waals surface area contributed by atoms with E-state index in [1.54, 1.807) is 0 Å². The van der Waals surface area contributed by atoms with Gasteiger partial charge in [-0.15, -0.1) is 5.53 Å². The first-order chi connectivity index (χ1) is 8.43. The maximum Gasteiger partial charge on any atom is 0.135 e. The minimum Gasteiger partial charge on any atom is -0.288 e. The summed E-state index contributed by atoms with van der Waals surface area (Å²) in [5.74, 6) is 0. The maximum atomic E-state index is 3.28. The molecule has 1 N–H and O–H groups in total. The monoisotopic (exact) mass is 223 g/mol. The number of rotatable bonds is 2. The summed E-state index contributed by atoms with van der Waals surface area (Å²) in [6.07, 6.45) is 0. The molecular weight excluding hydrogens is 210 g/mol. The van der Waals surface area contributed by atoms with E-state index < -0.39 is 0 Å². The molecule has 3 nitrogen and oxygen atoms in total. The Kier molecular flexibility index (Phi) is 2.68. The van der Waals surface area contributed by atoms with Crippen molar-refractivity contribution >= 4 is 11.4 Å². The maximum absolute atomic E-state index is 3.28. The molecule has 1 fully saturated rings. The molecule has 0 aliphatic carbocycles. The van der Waals surface area contributed by atoms with Crippen LogP contribution in [-0.4, -0.2) is 6.54 Å². The van der Waals surface area contributed by atoms with E-state index in [0.29, 0.717) is 0 Å². The fourth-order valence-electron chi connectivity index (χ4n) is 1.82. The van der Waals surface area contributed by atoms with E-state index in [4.69, 9.17) is 0 Å². The van der Waals surface area contributed by atoms with Gasteiger partial charge in [0.25, 0.3) is 0 Å². The van der Waals surface area contributed by atoms with E-state index in [9.17, 15) is 0 Å². The number of hydrazine groups is 2. The number of para-hydroxylation sites is 2. The summed E-state index contributed by atoms with van der Waals surface area (Å²) in [5.41, 5.74) is 5.51. The highest BCUT2D eigenvalue weighted by Crippen LogP contribution is 2.20. The highest BCUT2D eigenvalue weighted by molar-refractivity contribution is 5.53. The fourth-order valence-corrected chi connectivity index (χ4v) is 1.82. The topological polar surface area (TPSA) is 18.5 Å². The Morgan fingerprint density at radius 2 is 1.41 bits per heavy atom. The van der Waals surface area contributed by atoms with E-state index in [-0.39, 0.29) is 0 Å². The molecule has 2 aromatic carbocycles. The molecule has 1 aliphatic heterocycles. The predicted octanol–water partition coefficient (Wildman–Crippen LogP) is 2.47. The van der Waals surface area contributed by atoms with E-state index in [1.165, 1.54) is 0 Å². The van der Waals surface area contributed by atoms with Gasteiger partial charge in [0.2, 0.25) is 0 Å². The summed E-state index contributed by atoms with van der Waals surface area (Å²) in [7, 11) is 0. The lowest BCUT2D eigenvalue weighted by molar-refractivity contribution is 0.742. The standard InChI is InChI=1S/C14H13N3/c1-3-7-13(8-4-1)16-11-12-17(15-16)14-9-5-2-6-10-14/h1-10,15H,11H2. The molecule has 0 unspecified atom stereocenters. The van der Waals surface area contributed by atoms with Crippen LogP contribution in [0.1, 0.15) is 0 Å². The van der Waals surface area contributed by atoms with Crippen LogP contribution < -0.4 is 15.6 Å². The van der Waals surface area contributed by atoms with Gasteiger partial charge < -0.3 is 0 Å². The third kappa shape index (κ3) is 2.10. The van der Waals surface area contributed by atoms with Gasteiger partial charge in [0, 0.05) is 0 Å². The molecule has 0 atom stereocenters. The number of nitrogens with one attached hydrogen (secondary N) is 1. The predicted molar refractivity (Wildman–Crippen MR) is 69.1 cm³/mol. The Morgan fingerprint density at radius 1 is 0.824 bits per heavy atom. The minimum atomic E-state index is 0.735. The minimum absolute atomic E-state index is 0.735. The second-order valence-corrected chi connectivity index (χ2v) is 3.85. The van der Waals surface area contributed by atoms with Crippen molar-refractivity contribution in [3.63, 3.8) is 0 Å². The summed E-state index contributed by atoms with van der Waals surface area (Å²) in [5, 5.41) is 3.96. The Hall–Kier alpha value is -2.00. The van der Waals surface area contributed by atoms with Crippen LogP contribution in [0.4, 0.5) is 11.4 Å². The van der Waals surface area contributed by atoms with Crippen LogP contribution in [0.2, 0.25) is 0 Å². The van der Waals surface area contributed by atoms with Gasteiger partial charge in [-0.1, -0.05) is 36.4 Å². The van der Waals surface area contributed by atoms with Gasteiger partial charge in [-0.3, -0.25) is 10.0 Å². The molecule has 0 spiro atoms. The largest absolute Gasteiger partial charge is 0.288 e. The molecule has 2 radical (unpaired) electrons. The first kappa shape index (κ1) is 10.2. The van der Waals surface area contributed by atoms with Crippen molar-refractivity contribution in [2.45, 2.75) is 0 Å². The fraction of sp³-hybridized carbons (Fsp3) is 0.0714. The van der Waals surface area contributed by atoms with Crippen LogP contribution in [0.5, 0.6) is 0 Å². The summed E-state index contributed by atoms with van der Waals surface area (Å²) in [6.45, 7) is 4.00. The van der Waals surface area contributed by atoms with Crippen molar-refractivity contribution in [3.8, 4) is 0 Å². The van der Waals surface area contributed by atoms with Gasteiger partial charge in [0.1, 0.15) is 6.54 Å². The zero-order valence-corrected chi connectivity index (χ0v) is 9.38. The van der Waals surface area contributed by atoms with Crippen LogP contribution in [0.3, 0.4) is 0 Å². The van der Waals surface area contributed by atoms with Gasteiger partial charge in [0.05, 0.1) is 17.9 Å². The SMILES string of the molecule is [C]1CN(c2ccccc2)NN1c1ccccc1. The van der Waals surface area contributed by atoms with Crippen molar-refractivity contribution in [3.05, 3.63) is 67.2 Å². The van der Waals surface area contributed by atoms with Gasteiger partial charge in [-0.05, 0) is 24.3 Å². The van der Waals surface area contributed by atoms with Crippen molar-refractivity contribution < 1.29 is 0 Å². The molecule has 1 heterocycles. The van der Waals surface area contributed by atoms with Crippen molar-refractivity contribution in [2.24, 2.45) is 0 Å². The zero-order chi connectivity index (χ0) is 11.5. The average molecular weight is 223 g/mol. The third-order valence-electron chi connectivity index (χ3n) is 2.69. The van der Waals surface area contributed by atoms with Gasteiger partial charge in [-0.2, -0.15) is 0 Å². The highest BCUT2D eigenvalue weighted by atomic mass is 15.8. The second-order valence-electron chi connectivity index (χ2n) is 3.85. The number of nitrogens with zero attached hydrogens (tertiary/aromatic N) is 2. The lowest BCUT2D eigenvalue weighted by Gasteiger charge is -2.21. The normalized spacial score (nSPS) is 15.3. The van der Waals surface area contributed by atoms with E-state index in [1.807, 2.05) is 46.4 Å². The first-order valence-corrected chi connectivity index (χ1v) is 5.61. The zero-order valence-electron chi connectivity index (χ0n) is 9.38. The highest BCUT2D eigenvalue weighted by Gasteiger charge is 2.20. The van der Waals surface area contributed by atoms with Crippen molar-refractivity contribution in [1.29, 1.82) is 0 Å². The van der Waals surface area contributed by atoms with Gasteiger partial charge in [-0.25, -0.2) is 0 Å². The Morgan fingerprint density at radius 3 is 2.06 bits per heavy atom. The second kappa shape index (κ2) is 4.47. The van der Waals surface area contributed by atoms with Crippen LogP contribution in [-0.2, 0) is 0 Å². The lowest BCUT2D eigenvalue weighted by atomic mass is 10.3. The summed E-state index contributed by atoms with van der Waals surface area (Å²) < 4.78 is 0. The van der Waals surface area contributed by atoms with Gasteiger partial charge >= 0.3 is 0 Å². The van der Waals surface area contributed by atoms with E-state index in [0.717, 1.165) is 17.9 Å². The van der Waals surface area contributed by atoms with Crippen LogP contribution >= 0.6 is 0 Å². The number of benzene rings is 2. The molecule has 0 bridgehead atoms. The smallest absolute Gasteiger partial charge is 0.135 e. The first-order valence-electron chi connectivity index (χ1n) is 5.61. The van der Waals surface area contributed by atoms with E-state index >= 15 is 0 Å². The summed E-state index contributed by atoms with van der Waals surface area (Å²) in [6, 6.07) is 20.4. The summed E-state index contributed by atoms with van der Waals surface area (Å²) in [4.78, 5) is 0. The molecule has 0 aromatic heterocycles. The van der Waals surface area contributed by atoms with Gasteiger partial charge in [0.15, 0.2) is 0 Å². The number of anilines is 2. The molecule has 17 heavy (non-hydrogen) atoms. The van der Waals surface area contributed by atoms with Crippen LogP contribution in [0.25, 0.3) is 0 Å². The number of hydrogen-bond acceptors (Lipinski definition) is 3. The molecule has 1 saturated heterocycles. The molecule has 3 heteroatoms. The molecule has 0 saturated carbocycles. The van der Waals surface area contributed by atoms with Crippen molar-refractivity contribution in [1.82, 2.24) is 5.53 Å². The quantitative estimate of drug-likeness (QED) is 0.843. The lowest BCUT2D eigenvalue weighted by Crippen LogP contribution is -2.39. The summed E-state index contributed by atoms with van der Waals surface area (Å²) >= 11 is 0. The molecular formula is C14H13N3. The molecule has 0 amide bonds. The molecule has 84 valence electrons. The molecule has 2 aromatic rings. The van der Waals surface area contributed by atoms with Crippen LogP contribution in [0.15, 0.2) is 60.7 Å². The number of hydrogen-bond donors (Lipinski definition) is 1. The molecule has 3 rings (SSSR count). The van der Waals surface area contributed by atoms with E-state index in [2.05, 4.69) is 36.3 Å². The Labute approximate surface area is 101 Å². The Bertz CT molecular complexity index is 424. The van der Waals surface area contributed by atoms with Crippen LogP contribution in [0, 0.1) is 6.54 Å². The molecule has 1 aliphatic rings. The van der Waals surface area contributed by atoms with Crippen molar-refractivity contribution in [2.75, 3.05) is 16.6 Å². The third-order valence-corrected chi connectivity index (χ3v) is 2.69.